The third-order valence-electron chi connectivity index (χ3n) is 1.28. The minimum absolute atomic E-state index is 0.108. The van der Waals surface area contributed by atoms with Gasteiger partial charge in [-0.3, -0.25) is 4.79 Å². The number of hydrogen-bond donors (Lipinski definition) is 1. The molecule has 2 amide bonds. The van der Waals surface area contributed by atoms with E-state index in [0.717, 1.165) is 18.9 Å². The van der Waals surface area contributed by atoms with E-state index in [0.29, 0.717) is 12.3 Å². The average Bonchev–Trinajstić information content (AvgIpc) is 2.36. The van der Waals surface area contributed by atoms with Gasteiger partial charge in [0, 0.05) is 11.8 Å². The molecule has 0 fully saturated rings. The average molecular weight is 360 g/mol. The summed E-state index contributed by atoms with van der Waals surface area (Å²) in [6, 6.07) is 0. The Morgan fingerprint density at radius 1 is 1.00 bits per heavy atom. The molecule has 0 spiro atoms. The monoisotopic (exact) mass is 360 g/mol. The molecule has 0 aliphatic rings. The maximum atomic E-state index is 11.0. The van der Waals surface area contributed by atoms with Gasteiger partial charge in [-0.25, -0.2) is 0 Å². The Hall–Kier alpha value is -0.831. The van der Waals surface area contributed by atoms with Crippen molar-refractivity contribution in [1.29, 1.82) is 0 Å². The van der Waals surface area contributed by atoms with Gasteiger partial charge < -0.3 is 43.3 Å². The number of amides is 2. The summed E-state index contributed by atoms with van der Waals surface area (Å²) in [7, 11) is 0. The number of hydrogen-bond acceptors (Lipinski definition) is 5. The van der Waals surface area contributed by atoms with Crippen molar-refractivity contribution in [3.8, 4) is 0 Å². The fourth-order valence-corrected chi connectivity index (χ4v) is 0.780. The number of aliphatic carboxylic acids is 1. The number of carboxylic acid groups (broad SMARTS) is 1. The van der Waals surface area contributed by atoms with E-state index >= 15 is 0 Å². The molecule has 8 nitrogen and oxygen atoms in total. The Kier molecular flexibility index (Phi) is 15.4. The molecule has 0 rings (SSSR count). The molecule has 0 bridgehead atoms. The molecule has 0 aliphatic carbocycles. The molecule has 101 valence electrons. The summed E-state index contributed by atoms with van der Waals surface area (Å²) < 4.78 is 8.22. The van der Waals surface area contributed by atoms with E-state index in [1.165, 1.54) is 0 Å². The van der Waals surface area contributed by atoms with E-state index in [1.54, 1.807) is 0 Å². The van der Waals surface area contributed by atoms with Crippen LogP contribution in [-0.2, 0) is 49.4 Å². The molecule has 18 heavy (non-hydrogen) atoms. The Morgan fingerprint density at radius 3 is 2.00 bits per heavy atom. The number of nitrogens with zero attached hydrogens (tertiary/aromatic N) is 3. The molecule has 0 aromatic rings. The van der Waals surface area contributed by atoms with Crippen molar-refractivity contribution in [2.75, 3.05) is 31.9 Å². The molecule has 10 heteroatoms. The first-order valence-electron chi connectivity index (χ1n) is 4.55. The minimum atomic E-state index is -1.21. The number of rotatable bonds is 8. The molecule has 0 aromatic heterocycles. The van der Waals surface area contributed by atoms with Gasteiger partial charge in [-0.2, -0.15) is 12.3 Å². The van der Waals surface area contributed by atoms with E-state index < -0.39 is 30.9 Å². The topological polar surface area (TPSA) is 131 Å². The van der Waals surface area contributed by atoms with E-state index in [2.05, 4.69) is 28.6 Å². The maximum absolute atomic E-state index is 11.0. The van der Waals surface area contributed by atoms with Crippen LogP contribution in [0, 0.1) is 0 Å². The van der Waals surface area contributed by atoms with Crippen LogP contribution in [0.5, 0.6) is 0 Å². The fraction of sp³-hybridized carbons (Fsp3) is 0.625. The third-order valence-corrected chi connectivity index (χ3v) is 1.46. The number of carbonyl (C=O) groups excluding carboxylic acids is 2. The van der Waals surface area contributed by atoms with Crippen molar-refractivity contribution in [1.82, 2.24) is 0 Å². The van der Waals surface area contributed by atoms with Crippen molar-refractivity contribution in [2.45, 2.75) is 0 Å². The molecular weight excluding hydrogens is 349 g/mol. The van der Waals surface area contributed by atoms with Crippen LogP contribution < -0.4 is 0 Å². The van der Waals surface area contributed by atoms with Crippen LogP contribution in [-0.4, -0.2) is 54.8 Å². The van der Waals surface area contributed by atoms with Gasteiger partial charge in [-0.1, -0.05) is 6.54 Å². The Balaban J connectivity index is 0. The van der Waals surface area contributed by atoms with Crippen LogP contribution in [0.25, 0.3) is 16.0 Å². The van der Waals surface area contributed by atoms with Crippen LogP contribution in [0.15, 0.2) is 0 Å². The Morgan fingerprint density at radius 2 is 1.50 bits per heavy atom. The molecule has 0 aliphatic heterocycles. The Labute approximate surface area is 120 Å². The second-order valence-electron chi connectivity index (χ2n) is 2.62. The predicted molar refractivity (Wildman–Crippen MR) is 60.1 cm³/mol. The van der Waals surface area contributed by atoms with Crippen LogP contribution >= 0.6 is 0 Å². The van der Waals surface area contributed by atoms with E-state index in [1.807, 2.05) is 0 Å². The van der Waals surface area contributed by atoms with Gasteiger partial charge in [0.05, 0.1) is 0 Å². The summed E-state index contributed by atoms with van der Waals surface area (Å²) in [5.74, 6) is -2.05. The fourth-order valence-electron chi connectivity index (χ4n) is 0.651. The van der Waals surface area contributed by atoms with Gasteiger partial charge in [-0.15, -0.1) is 6.54 Å². The second kappa shape index (κ2) is 14.2. The Bertz CT molecular complexity index is 279. The SMILES string of the molecule is O=C(O)C[N-]C(=O)C[N-]C(=O)C[N-]CC[S-].[O]=[99Tc+4]. The second-order valence-corrected chi connectivity index (χ2v) is 3.03. The van der Waals surface area contributed by atoms with E-state index in [9.17, 15) is 14.4 Å². The van der Waals surface area contributed by atoms with Crippen molar-refractivity contribution < 1.29 is 41.8 Å². The number of carbonyl (C=O) groups is 3. The van der Waals surface area contributed by atoms with Crippen molar-refractivity contribution in [2.24, 2.45) is 0 Å². The molecule has 0 heterocycles. The summed E-state index contributed by atoms with van der Waals surface area (Å²) in [6.07, 6.45) is 0. The molecule has 1 N–H and O–H groups in total. The van der Waals surface area contributed by atoms with Crippen LogP contribution in [0.1, 0.15) is 0 Å². The summed E-state index contributed by atoms with van der Waals surface area (Å²) in [5, 5.41) is 18.5. The zero-order valence-corrected chi connectivity index (χ0v) is 11.9. The molecule has 0 saturated heterocycles. The van der Waals surface area contributed by atoms with Crippen molar-refractivity contribution in [3.63, 3.8) is 0 Å². The van der Waals surface area contributed by atoms with Gasteiger partial charge in [0.15, 0.2) is 0 Å². The summed E-state index contributed by atoms with van der Waals surface area (Å²) in [4.78, 5) is 31.9. The summed E-state index contributed by atoms with van der Waals surface area (Å²) in [6.45, 7) is -0.755. The summed E-state index contributed by atoms with van der Waals surface area (Å²) in [5.41, 5.74) is 0. The van der Waals surface area contributed by atoms with E-state index in [4.69, 9.17) is 8.61 Å². The van der Waals surface area contributed by atoms with Crippen LogP contribution in [0.2, 0.25) is 0 Å². The molecule has 0 saturated carbocycles. The third kappa shape index (κ3) is 15.2. The first-order chi connectivity index (χ1) is 8.56. The zero-order chi connectivity index (χ0) is 14.4. The van der Waals surface area contributed by atoms with Crippen LogP contribution in [0.4, 0.5) is 0 Å². The molecule has 0 unspecified atom stereocenters. The van der Waals surface area contributed by atoms with E-state index in [-0.39, 0.29) is 6.54 Å². The molecule has 0 radical (unpaired) electrons. The normalized spacial score (nSPS) is 8.83. The quantitative estimate of drug-likeness (QED) is 0.466. The van der Waals surface area contributed by atoms with Gasteiger partial charge >= 0.3 is 22.4 Å². The zero-order valence-electron chi connectivity index (χ0n) is 9.24. The van der Waals surface area contributed by atoms with Crippen molar-refractivity contribution >= 4 is 30.4 Å². The van der Waals surface area contributed by atoms with Crippen molar-refractivity contribution in [3.05, 3.63) is 16.0 Å². The van der Waals surface area contributed by atoms with Crippen LogP contribution in [0.3, 0.4) is 0 Å². The van der Waals surface area contributed by atoms with Gasteiger partial charge in [0.25, 0.3) is 5.97 Å². The van der Waals surface area contributed by atoms with Gasteiger partial charge in [-0.05, 0) is 6.54 Å². The molecule has 0 atom stereocenters. The first-order valence-corrected chi connectivity index (χ1v) is 5.89. The molecule has 0 aromatic carbocycles. The van der Waals surface area contributed by atoms with Gasteiger partial charge in [0.1, 0.15) is 0 Å². The standard InChI is InChI=1S/C8H14N3O4S.O.Tc/c12-6(3-9-1-2-16)10-4-7(13)11-5-8(14)15;;/h1-5H2,(H4,10,11,12,13,14,15,16);;/q-1;;+4/p-3/i;;1+1. The molecular formula is C8H11N3O5STc. The first kappa shape index (κ1) is 19.5. The summed E-state index contributed by atoms with van der Waals surface area (Å²) >= 11 is 5.51. The predicted octanol–water partition coefficient (Wildman–Crippen LogP) is -0.329. The number of carboxylic acids is 1. The van der Waals surface area contributed by atoms with Gasteiger partial charge in [0.2, 0.25) is 0 Å².